The van der Waals surface area contributed by atoms with Crippen LogP contribution in [0.2, 0.25) is 0 Å². The highest BCUT2D eigenvalue weighted by Crippen LogP contribution is 2.29. The Kier molecular flexibility index (Phi) is 5.50. The van der Waals surface area contributed by atoms with E-state index >= 15 is 0 Å². The number of hydrogen-bond acceptors (Lipinski definition) is 4. The topological polar surface area (TPSA) is 58.4 Å². The molecule has 0 radical (unpaired) electrons. The van der Waals surface area contributed by atoms with Crippen molar-refractivity contribution in [2.24, 2.45) is 0 Å². The van der Waals surface area contributed by atoms with E-state index in [4.69, 9.17) is 4.52 Å². The van der Waals surface area contributed by atoms with Gasteiger partial charge in [0.05, 0.1) is 5.69 Å². The molecule has 0 aliphatic carbocycles. The van der Waals surface area contributed by atoms with E-state index in [9.17, 15) is 4.79 Å². The Morgan fingerprint density at radius 2 is 1.95 bits per heavy atom. The molecule has 1 N–H and O–H groups in total. The molecule has 5 nitrogen and oxygen atoms in total. The lowest BCUT2D eigenvalue weighted by Crippen LogP contribution is -2.48. The molecule has 2 fully saturated rings. The molecular weight excluding hydrogens is 302 g/mol. The van der Waals surface area contributed by atoms with Crippen LogP contribution in [0.1, 0.15) is 49.1 Å². The summed E-state index contributed by atoms with van der Waals surface area (Å²) in [5, 5.41) is 7.57. The summed E-state index contributed by atoms with van der Waals surface area (Å²) in [4.78, 5) is 14.4. The van der Waals surface area contributed by atoms with Gasteiger partial charge in [-0.05, 0) is 46.0 Å². The summed E-state index contributed by atoms with van der Waals surface area (Å²) in [7, 11) is 1.96. The van der Waals surface area contributed by atoms with Crippen molar-refractivity contribution in [2.45, 2.75) is 70.5 Å². The van der Waals surface area contributed by atoms with Crippen molar-refractivity contribution >= 4 is 18.3 Å². The van der Waals surface area contributed by atoms with Crippen LogP contribution in [0.5, 0.6) is 0 Å². The van der Waals surface area contributed by atoms with Crippen LogP contribution in [0.4, 0.5) is 0 Å². The average Bonchev–Trinajstić information content (AvgIpc) is 2.98. The Morgan fingerprint density at radius 3 is 2.50 bits per heavy atom. The minimum Gasteiger partial charge on any atom is -0.361 e. The van der Waals surface area contributed by atoms with Crippen molar-refractivity contribution < 1.29 is 9.32 Å². The zero-order valence-electron chi connectivity index (χ0n) is 13.6. The number of nitrogens with zero attached hydrogens (tertiary/aromatic N) is 2. The second kappa shape index (κ2) is 7.01. The van der Waals surface area contributed by atoms with E-state index in [1.807, 2.05) is 25.8 Å². The lowest BCUT2D eigenvalue weighted by atomic mass is 9.98. The molecule has 2 aliphatic rings. The molecule has 1 aromatic rings. The zero-order valence-corrected chi connectivity index (χ0v) is 14.4. The maximum atomic E-state index is 12.4. The van der Waals surface area contributed by atoms with Gasteiger partial charge in [0, 0.05) is 37.2 Å². The second-order valence-electron chi connectivity index (χ2n) is 6.57. The number of halogens is 1. The first-order valence-electron chi connectivity index (χ1n) is 7.98. The Bertz CT molecular complexity index is 500. The zero-order chi connectivity index (χ0) is 15.0. The van der Waals surface area contributed by atoms with Gasteiger partial charge in [0.15, 0.2) is 0 Å². The van der Waals surface area contributed by atoms with Gasteiger partial charge >= 0.3 is 0 Å². The minimum absolute atomic E-state index is 0. The van der Waals surface area contributed by atoms with Crippen molar-refractivity contribution in [3.8, 4) is 0 Å². The van der Waals surface area contributed by atoms with E-state index in [1.165, 1.54) is 12.8 Å². The highest BCUT2D eigenvalue weighted by molar-refractivity contribution is 5.85. The molecule has 2 atom stereocenters. The van der Waals surface area contributed by atoms with E-state index in [1.54, 1.807) is 0 Å². The smallest absolute Gasteiger partial charge is 0.222 e. The Labute approximate surface area is 138 Å². The summed E-state index contributed by atoms with van der Waals surface area (Å²) in [6, 6.07) is 1.64. The molecule has 124 valence electrons. The van der Waals surface area contributed by atoms with Crippen molar-refractivity contribution in [2.75, 3.05) is 7.05 Å². The third-order valence-corrected chi connectivity index (χ3v) is 5.16. The van der Waals surface area contributed by atoms with Crippen LogP contribution >= 0.6 is 12.4 Å². The minimum atomic E-state index is 0. The van der Waals surface area contributed by atoms with Crippen molar-refractivity contribution in [1.29, 1.82) is 0 Å². The van der Waals surface area contributed by atoms with E-state index in [0.717, 1.165) is 36.3 Å². The van der Waals surface area contributed by atoms with Crippen LogP contribution in [0, 0.1) is 13.8 Å². The molecule has 6 heteroatoms. The average molecular weight is 328 g/mol. The lowest BCUT2D eigenvalue weighted by molar-refractivity contribution is -0.132. The number of amides is 1. The Hall–Kier alpha value is -1.07. The van der Waals surface area contributed by atoms with Gasteiger partial charge in [0.1, 0.15) is 5.76 Å². The molecule has 3 rings (SSSR count). The highest BCUT2D eigenvalue weighted by Gasteiger charge is 2.36. The number of piperidine rings is 1. The molecule has 2 aliphatic heterocycles. The van der Waals surface area contributed by atoms with Crippen molar-refractivity contribution in [3.05, 3.63) is 17.0 Å². The van der Waals surface area contributed by atoms with Crippen LogP contribution in [0.15, 0.2) is 4.52 Å². The van der Waals surface area contributed by atoms with E-state index in [0.29, 0.717) is 24.5 Å². The third kappa shape index (κ3) is 3.46. The fourth-order valence-electron chi connectivity index (χ4n) is 3.81. The van der Waals surface area contributed by atoms with Gasteiger partial charge in [-0.3, -0.25) is 4.79 Å². The molecular formula is C16H26ClN3O2. The van der Waals surface area contributed by atoms with Gasteiger partial charge in [0.25, 0.3) is 0 Å². The predicted molar refractivity (Wildman–Crippen MR) is 87.3 cm³/mol. The SMILES string of the molecule is Cc1noc(C)c1CCC(=O)N(C)C1CC2CCC(C1)N2.Cl. The second-order valence-corrected chi connectivity index (χ2v) is 6.57. The quantitative estimate of drug-likeness (QED) is 0.922. The van der Waals surface area contributed by atoms with E-state index < -0.39 is 0 Å². The van der Waals surface area contributed by atoms with Gasteiger partial charge in [-0.25, -0.2) is 0 Å². The number of rotatable bonds is 4. The van der Waals surface area contributed by atoms with Crippen molar-refractivity contribution in [3.63, 3.8) is 0 Å². The lowest BCUT2D eigenvalue weighted by Gasteiger charge is -2.35. The molecule has 2 unspecified atom stereocenters. The maximum Gasteiger partial charge on any atom is 0.222 e. The molecule has 2 saturated heterocycles. The monoisotopic (exact) mass is 327 g/mol. The van der Waals surface area contributed by atoms with Gasteiger partial charge in [-0.15, -0.1) is 12.4 Å². The number of hydrogen-bond donors (Lipinski definition) is 1. The normalized spacial score (nSPS) is 26.6. The first-order chi connectivity index (χ1) is 10.0. The summed E-state index contributed by atoms with van der Waals surface area (Å²) in [6.07, 6.45) is 6.00. The fraction of sp³-hybridized carbons (Fsp3) is 0.750. The summed E-state index contributed by atoms with van der Waals surface area (Å²) in [5.41, 5.74) is 1.99. The van der Waals surface area contributed by atoms with Gasteiger partial charge in [-0.2, -0.15) is 0 Å². The summed E-state index contributed by atoms with van der Waals surface area (Å²) in [6.45, 7) is 3.85. The van der Waals surface area contributed by atoms with Gasteiger partial charge < -0.3 is 14.7 Å². The predicted octanol–water partition coefficient (Wildman–Crippen LogP) is 2.39. The summed E-state index contributed by atoms with van der Waals surface area (Å²) >= 11 is 0. The molecule has 2 bridgehead atoms. The molecule has 1 amide bonds. The van der Waals surface area contributed by atoms with Gasteiger partial charge in [-0.1, -0.05) is 5.16 Å². The molecule has 0 aromatic carbocycles. The van der Waals surface area contributed by atoms with Crippen LogP contribution in [0.3, 0.4) is 0 Å². The van der Waals surface area contributed by atoms with E-state index in [2.05, 4.69) is 10.5 Å². The number of aromatic nitrogens is 1. The van der Waals surface area contributed by atoms with Crippen LogP contribution in [-0.2, 0) is 11.2 Å². The number of fused-ring (bicyclic) bond motifs is 2. The molecule has 3 heterocycles. The van der Waals surface area contributed by atoms with Gasteiger partial charge in [0.2, 0.25) is 5.91 Å². The largest absolute Gasteiger partial charge is 0.361 e. The van der Waals surface area contributed by atoms with Crippen LogP contribution < -0.4 is 5.32 Å². The summed E-state index contributed by atoms with van der Waals surface area (Å²) < 4.78 is 5.16. The van der Waals surface area contributed by atoms with Crippen LogP contribution in [-0.4, -0.2) is 41.1 Å². The van der Waals surface area contributed by atoms with Crippen molar-refractivity contribution in [1.82, 2.24) is 15.4 Å². The third-order valence-electron chi connectivity index (χ3n) is 5.16. The highest BCUT2D eigenvalue weighted by atomic mass is 35.5. The van der Waals surface area contributed by atoms with E-state index in [-0.39, 0.29) is 18.3 Å². The Morgan fingerprint density at radius 1 is 1.32 bits per heavy atom. The number of aryl methyl sites for hydroxylation is 2. The number of nitrogens with one attached hydrogen (secondary N) is 1. The maximum absolute atomic E-state index is 12.4. The number of carbonyl (C=O) groups is 1. The summed E-state index contributed by atoms with van der Waals surface area (Å²) in [5.74, 6) is 1.07. The first kappa shape index (κ1) is 17.3. The fourth-order valence-corrected chi connectivity index (χ4v) is 3.81. The van der Waals surface area contributed by atoms with Crippen LogP contribution in [0.25, 0.3) is 0 Å². The molecule has 0 spiro atoms. The number of carbonyl (C=O) groups excluding carboxylic acids is 1. The molecule has 0 saturated carbocycles. The standard InChI is InChI=1S/C16H25N3O2.ClH/c1-10-15(11(2)21-18-10)6-7-16(20)19(3)14-8-12-4-5-13(9-14)17-12;/h12-14,17H,4-9H2,1-3H3;1H. The Balaban J connectivity index is 0.00000176. The molecule has 22 heavy (non-hydrogen) atoms. The first-order valence-corrected chi connectivity index (χ1v) is 7.98. The molecule has 1 aromatic heterocycles.